The van der Waals surface area contributed by atoms with E-state index in [1.807, 2.05) is 43.3 Å². The molecule has 14 heteroatoms. The van der Waals surface area contributed by atoms with E-state index in [1.165, 1.54) is 5.56 Å². The molecular formula is C39H48N8O5S. The number of rotatable bonds is 13. The van der Waals surface area contributed by atoms with Gasteiger partial charge in [-0.15, -0.1) is 0 Å². The molecule has 3 heterocycles. The second-order valence-corrected chi connectivity index (χ2v) is 16.3. The Bertz CT molecular complexity index is 2010. The highest BCUT2D eigenvalue weighted by Gasteiger charge is 2.28. The Kier molecular flexibility index (Phi) is 11.7. The third-order valence-corrected chi connectivity index (χ3v) is 10.9. The molecule has 0 bridgehead atoms. The van der Waals surface area contributed by atoms with Crippen molar-refractivity contribution in [1.29, 1.82) is 0 Å². The van der Waals surface area contributed by atoms with Crippen molar-refractivity contribution < 1.29 is 22.7 Å². The molecule has 2 fully saturated rings. The quantitative estimate of drug-likeness (QED) is 0.136. The van der Waals surface area contributed by atoms with Gasteiger partial charge in [-0.2, -0.15) is 4.98 Å². The second-order valence-electron chi connectivity index (χ2n) is 14.6. The topological polar surface area (TPSA) is 158 Å². The molecule has 0 spiro atoms. The Balaban J connectivity index is 0.933. The lowest BCUT2D eigenvalue weighted by molar-refractivity contribution is -0.134. The van der Waals surface area contributed by atoms with Gasteiger partial charge in [-0.05, 0) is 87.7 Å². The summed E-state index contributed by atoms with van der Waals surface area (Å²) in [5.74, 6) is 1.09. The summed E-state index contributed by atoms with van der Waals surface area (Å²) in [5.41, 5.74) is 3.77. The Morgan fingerprint density at radius 3 is 2.32 bits per heavy atom. The Hall–Kier alpha value is -4.89. The molecule has 0 saturated carbocycles. The van der Waals surface area contributed by atoms with Crippen LogP contribution in [0.4, 0.5) is 23.1 Å². The molecule has 1 atom stereocenters. The lowest BCUT2D eigenvalue weighted by atomic mass is 9.90. The summed E-state index contributed by atoms with van der Waals surface area (Å²) in [4.78, 5) is 37.7. The van der Waals surface area contributed by atoms with Gasteiger partial charge in [0.05, 0.1) is 10.8 Å². The lowest BCUT2D eigenvalue weighted by Gasteiger charge is -2.34. The third-order valence-electron chi connectivity index (χ3n) is 9.10. The number of ether oxygens (including phenoxy) is 1. The maximum atomic E-state index is 12.8. The highest BCUT2D eigenvalue weighted by molar-refractivity contribution is 7.89. The van der Waals surface area contributed by atoms with Gasteiger partial charge >= 0.3 is 0 Å². The number of aryl methyl sites for hydroxylation is 1. The average molecular weight is 741 g/mol. The van der Waals surface area contributed by atoms with Crippen molar-refractivity contribution in [2.45, 2.75) is 63.4 Å². The van der Waals surface area contributed by atoms with Crippen LogP contribution in [0.5, 0.6) is 5.75 Å². The van der Waals surface area contributed by atoms with E-state index in [1.54, 1.807) is 51.2 Å². The minimum Gasteiger partial charge on any atom is -0.492 e. The van der Waals surface area contributed by atoms with Gasteiger partial charge < -0.3 is 15.4 Å². The molecule has 53 heavy (non-hydrogen) atoms. The van der Waals surface area contributed by atoms with Crippen LogP contribution in [0.3, 0.4) is 0 Å². The third kappa shape index (κ3) is 10.6. The number of benzene rings is 3. The molecule has 280 valence electrons. The van der Waals surface area contributed by atoms with E-state index in [0.717, 1.165) is 61.8 Å². The molecule has 2 aliphatic rings. The van der Waals surface area contributed by atoms with Gasteiger partial charge in [0.2, 0.25) is 27.8 Å². The van der Waals surface area contributed by atoms with Gasteiger partial charge in [-0.25, -0.2) is 18.1 Å². The molecule has 13 nitrogen and oxygen atoms in total. The first-order valence-electron chi connectivity index (χ1n) is 17.9. The predicted octanol–water partition coefficient (Wildman–Crippen LogP) is 5.07. The largest absolute Gasteiger partial charge is 0.492 e. The van der Waals surface area contributed by atoms with Crippen molar-refractivity contribution in [2.24, 2.45) is 0 Å². The van der Waals surface area contributed by atoms with E-state index in [4.69, 9.17) is 4.74 Å². The number of sulfonamides is 1. The van der Waals surface area contributed by atoms with Crippen LogP contribution in [0.15, 0.2) is 83.9 Å². The number of amides is 2. The van der Waals surface area contributed by atoms with E-state index >= 15 is 0 Å². The number of nitrogens with one attached hydrogen (secondary N) is 4. The minimum absolute atomic E-state index is 0.164. The van der Waals surface area contributed by atoms with E-state index in [2.05, 4.69) is 52.6 Å². The van der Waals surface area contributed by atoms with E-state index < -0.39 is 15.6 Å². The SMILES string of the molecule is Cc1cnc(Nc2ccc(OCCN3CCN(Cc4ccc(C5CCC(=O)NC5=O)cc4)CC3)cc2)nc1Nc1cccc(S(=O)(=O)NC(C)(C)C)c1. The zero-order chi connectivity index (χ0) is 37.6. The van der Waals surface area contributed by atoms with Crippen LogP contribution < -0.4 is 25.4 Å². The molecule has 4 N–H and O–H groups in total. The molecule has 0 aliphatic carbocycles. The molecule has 4 aromatic rings. The van der Waals surface area contributed by atoms with E-state index in [9.17, 15) is 18.0 Å². The van der Waals surface area contributed by atoms with Crippen LogP contribution in [-0.2, 0) is 26.2 Å². The van der Waals surface area contributed by atoms with Gasteiger partial charge in [0, 0.05) is 74.4 Å². The fourth-order valence-electron chi connectivity index (χ4n) is 6.32. The molecule has 1 unspecified atom stereocenters. The number of piperazine rings is 1. The summed E-state index contributed by atoms with van der Waals surface area (Å²) < 4.78 is 34.4. The van der Waals surface area contributed by atoms with Crippen molar-refractivity contribution in [3.05, 3.63) is 95.7 Å². The van der Waals surface area contributed by atoms with Crippen LogP contribution in [0, 0.1) is 6.92 Å². The van der Waals surface area contributed by atoms with Gasteiger partial charge in [0.15, 0.2) is 0 Å². The van der Waals surface area contributed by atoms with E-state index in [0.29, 0.717) is 36.9 Å². The number of anilines is 4. The van der Waals surface area contributed by atoms with Gasteiger partial charge in [-0.1, -0.05) is 30.3 Å². The van der Waals surface area contributed by atoms with Crippen LogP contribution in [0.25, 0.3) is 0 Å². The monoisotopic (exact) mass is 740 g/mol. The van der Waals surface area contributed by atoms with Crippen LogP contribution in [0.1, 0.15) is 56.2 Å². The maximum Gasteiger partial charge on any atom is 0.241 e. The Morgan fingerprint density at radius 1 is 0.906 bits per heavy atom. The molecule has 1 aromatic heterocycles. The molecule has 2 amide bonds. The standard InChI is InChI=1S/C39H48N8O5S/c1-27-25-40-38(44-36(27)41-31-6-5-7-33(24-31)53(50,51)45-39(2,3)4)42-30-12-14-32(15-13-30)52-23-22-46-18-20-47(21-19-46)26-28-8-10-29(11-9-28)34-16-17-35(48)43-37(34)49/h5-15,24-25,34,45H,16-23,26H2,1-4H3,(H,43,48,49)(H2,40,41,42,44). The fraction of sp³-hybridized carbons (Fsp3) is 0.385. The van der Waals surface area contributed by atoms with Crippen molar-refractivity contribution in [3.8, 4) is 5.75 Å². The number of aromatic nitrogens is 2. The molecule has 2 saturated heterocycles. The zero-order valence-corrected chi connectivity index (χ0v) is 31.5. The van der Waals surface area contributed by atoms with Gasteiger partial charge in [0.25, 0.3) is 0 Å². The number of carbonyl (C=O) groups excluding carboxylic acids is 2. The molecule has 3 aromatic carbocycles. The summed E-state index contributed by atoms with van der Waals surface area (Å²) in [6, 6.07) is 22.5. The summed E-state index contributed by atoms with van der Waals surface area (Å²) in [5, 5.41) is 8.91. The normalized spacial score (nSPS) is 17.3. The highest BCUT2D eigenvalue weighted by atomic mass is 32.2. The fourth-order valence-corrected chi connectivity index (χ4v) is 7.78. The Morgan fingerprint density at radius 2 is 1.62 bits per heavy atom. The first kappa shape index (κ1) is 37.9. The first-order valence-corrected chi connectivity index (χ1v) is 19.4. The zero-order valence-electron chi connectivity index (χ0n) is 30.7. The van der Waals surface area contributed by atoms with Crippen molar-refractivity contribution in [3.63, 3.8) is 0 Å². The summed E-state index contributed by atoms with van der Waals surface area (Å²) in [7, 11) is -3.69. The maximum absolute atomic E-state index is 12.8. The summed E-state index contributed by atoms with van der Waals surface area (Å²) >= 11 is 0. The van der Waals surface area contributed by atoms with Crippen LogP contribution >= 0.6 is 0 Å². The van der Waals surface area contributed by atoms with Gasteiger partial charge in [0.1, 0.15) is 18.2 Å². The number of hydrogen-bond acceptors (Lipinski definition) is 11. The minimum atomic E-state index is -3.69. The van der Waals surface area contributed by atoms with Crippen LogP contribution in [0.2, 0.25) is 0 Å². The number of nitrogens with zero attached hydrogens (tertiary/aromatic N) is 4. The van der Waals surface area contributed by atoms with Crippen molar-refractivity contribution in [2.75, 3.05) is 50.0 Å². The molecule has 0 radical (unpaired) electrons. The lowest BCUT2D eigenvalue weighted by Crippen LogP contribution is -2.47. The number of carbonyl (C=O) groups is 2. The molecule has 6 rings (SSSR count). The number of imide groups is 1. The predicted molar refractivity (Wildman–Crippen MR) is 205 cm³/mol. The van der Waals surface area contributed by atoms with Crippen LogP contribution in [-0.4, -0.2) is 84.9 Å². The molecular weight excluding hydrogens is 693 g/mol. The van der Waals surface area contributed by atoms with Crippen molar-refractivity contribution >= 4 is 45.0 Å². The average Bonchev–Trinajstić information content (AvgIpc) is 3.11. The number of hydrogen-bond donors (Lipinski definition) is 4. The summed E-state index contributed by atoms with van der Waals surface area (Å²) in [6.45, 7) is 13.4. The first-order chi connectivity index (χ1) is 25.3. The van der Waals surface area contributed by atoms with Gasteiger partial charge in [-0.3, -0.25) is 24.7 Å². The Labute approximate surface area is 311 Å². The van der Waals surface area contributed by atoms with Crippen molar-refractivity contribution in [1.82, 2.24) is 29.8 Å². The van der Waals surface area contributed by atoms with E-state index in [-0.39, 0.29) is 22.6 Å². The molecule has 2 aliphatic heterocycles. The highest BCUT2D eigenvalue weighted by Crippen LogP contribution is 2.26. The number of piperidine rings is 1. The summed E-state index contributed by atoms with van der Waals surface area (Å²) in [6.07, 6.45) is 2.66. The second kappa shape index (κ2) is 16.4. The smallest absolute Gasteiger partial charge is 0.241 e.